The molecule has 10 heteroatoms. The molecule has 3 rings (SSSR count). The van der Waals surface area contributed by atoms with Crippen molar-refractivity contribution in [3.63, 3.8) is 0 Å². The fourth-order valence-electron chi connectivity index (χ4n) is 5.40. The number of allylic oxidation sites excluding steroid dienone is 2. The number of cyclic esters (lactones) is 1. The van der Waals surface area contributed by atoms with E-state index in [-0.39, 0.29) is 44.0 Å². The van der Waals surface area contributed by atoms with Gasteiger partial charge in [-0.3, -0.25) is 14.4 Å². The maximum Gasteiger partial charge on any atom is 0.407 e. The second-order valence-corrected chi connectivity index (χ2v) is 11.4. The van der Waals surface area contributed by atoms with Crippen molar-refractivity contribution < 1.29 is 33.8 Å². The molecule has 1 heterocycles. The molecule has 232 valence electrons. The summed E-state index contributed by atoms with van der Waals surface area (Å²) in [6, 6.07) is 9.02. The van der Waals surface area contributed by atoms with Crippen molar-refractivity contribution in [2.75, 3.05) is 19.8 Å². The van der Waals surface area contributed by atoms with E-state index >= 15 is 0 Å². The van der Waals surface area contributed by atoms with Gasteiger partial charge in [-0.05, 0) is 63.4 Å². The molecule has 0 radical (unpaired) electrons. The summed E-state index contributed by atoms with van der Waals surface area (Å²) in [5.41, 5.74) is 0.313. The summed E-state index contributed by atoms with van der Waals surface area (Å²) < 4.78 is 10.7. The third kappa shape index (κ3) is 12.2. The van der Waals surface area contributed by atoms with Crippen LogP contribution in [0.15, 0.2) is 42.5 Å². The van der Waals surface area contributed by atoms with Gasteiger partial charge in [0.2, 0.25) is 11.8 Å². The van der Waals surface area contributed by atoms with Gasteiger partial charge in [-0.25, -0.2) is 4.79 Å². The molecule has 0 bridgehead atoms. The lowest BCUT2D eigenvalue weighted by Crippen LogP contribution is -2.50. The molecule has 42 heavy (non-hydrogen) atoms. The second-order valence-electron chi connectivity index (χ2n) is 11.4. The first kappa shape index (κ1) is 33.1. The van der Waals surface area contributed by atoms with Gasteiger partial charge in [0.15, 0.2) is 0 Å². The van der Waals surface area contributed by atoms with Crippen molar-refractivity contribution in [3.05, 3.63) is 48.0 Å². The summed E-state index contributed by atoms with van der Waals surface area (Å²) in [5.74, 6) is -1.38. The monoisotopic (exact) mass is 585 g/mol. The van der Waals surface area contributed by atoms with E-state index in [9.17, 15) is 24.3 Å². The van der Waals surface area contributed by atoms with Crippen molar-refractivity contribution in [2.24, 2.45) is 5.92 Å². The molecule has 0 spiro atoms. The molecule has 0 unspecified atom stereocenters. The minimum Gasteiger partial charge on any atom is -0.463 e. The van der Waals surface area contributed by atoms with Crippen LogP contribution in [0.4, 0.5) is 4.79 Å². The van der Waals surface area contributed by atoms with Crippen LogP contribution in [0.1, 0.15) is 89.0 Å². The highest BCUT2D eigenvalue weighted by Gasteiger charge is 2.35. The lowest BCUT2D eigenvalue weighted by Gasteiger charge is -2.29. The first-order valence-electron chi connectivity index (χ1n) is 15.4. The van der Waals surface area contributed by atoms with Crippen molar-refractivity contribution in [2.45, 2.75) is 102 Å². The molecule has 2 atom stereocenters. The van der Waals surface area contributed by atoms with E-state index in [1.165, 1.54) is 0 Å². The first-order chi connectivity index (χ1) is 20.4. The number of alkyl carbamates (subject to hydrolysis) is 1. The highest BCUT2D eigenvalue weighted by atomic mass is 16.5. The molecule has 1 saturated carbocycles. The number of hydrogen-bond donors (Lipinski definition) is 4. The van der Waals surface area contributed by atoms with Crippen LogP contribution in [0.3, 0.4) is 0 Å². The number of benzene rings is 1. The van der Waals surface area contributed by atoms with E-state index < -0.39 is 23.6 Å². The fourth-order valence-corrected chi connectivity index (χ4v) is 5.40. The average molecular weight is 586 g/mol. The number of ether oxygens (including phenoxy) is 2. The Morgan fingerprint density at radius 3 is 2.60 bits per heavy atom. The Labute approximate surface area is 249 Å². The summed E-state index contributed by atoms with van der Waals surface area (Å²) in [7, 11) is 0. The Morgan fingerprint density at radius 2 is 1.83 bits per heavy atom. The third-order valence-corrected chi connectivity index (χ3v) is 7.91. The van der Waals surface area contributed by atoms with Crippen molar-refractivity contribution in [1.82, 2.24) is 16.0 Å². The minimum atomic E-state index is -0.594. The lowest BCUT2D eigenvalue weighted by molar-refractivity contribution is -0.145. The average Bonchev–Trinajstić information content (AvgIpc) is 3.46. The molecule has 1 aromatic rings. The molecule has 4 N–H and O–H groups in total. The van der Waals surface area contributed by atoms with Gasteiger partial charge in [-0.15, -0.1) is 0 Å². The fraction of sp³-hybridized carbons (Fsp3) is 0.625. The van der Waals surface area contributed by atoms with Gasteiger partial charge in [-0.1, -0.05) is 55.3 Å². The maximum atomic E-state index is 13.4. The normalized spacial score (nSPS) is 21.5. The smallest absolute Gasteiger partial charge is 0.407 e. The van der Waals surface area contributed by atoms with Crippen LogP contribution >= 0.6 is 0 Å². The Kier molecular flexibility index (Phi) is 14.3. The highest BCUT2D eigenvalue weighted by Crippen LogP contribution is 2.29. The van der Waals surface area contributed by atoms with Crippen LogP contribution in [-0.2, 0) is 30.5 Å². The van der Waals surface area contributed by atoms with Gasteiger partial charge < -0.3 is 30.5 Å². The summed E-state index contributed by atoms with van der Waals surface area (Å²) in [6.45, 7) is 0.553. The highest BCUT2D eigenvalue weighted by molar-refractivity contribution is 5.86. The second kappa shape index (κ2) is 18.2. The first-order valence-corrected chi connectivity index (χ1v) is 15.4. The van der Waals surface area contributed by atoms with Gasteiger partial charge in [0.25, 0.3) is 0 Å². The molecule has 0 saturated heterocycles. The standard InChI is InChI=1S/C32H47N3O7/c36-24-32(18-10-11-19-32)35-28(37)21-26-15-7-2-1-3-8-17-29(38)41-23-27(34-30(26)39)16-9-12-20-33-31(40)42-22-25-13-5-4-6-14-25/h2,4-7,13-14,26-27,36H,1,3,8-12,15-24H2,(H,33,40)(H,34,39)(H,35,37)/t26-,27+/m1/s1. The van der Waals surface area contributed by atoms with Gasteiger partial charge in [0, 0.05) is 19.4 Å². The number of carbonyl (C=O) groups excluding carboxylic acids is 4. The predicted molar refractivity (Wildman–Crippen MR) is 158 cm³/mol. The van der Waals surface area contributed by atoms with Crippen LogP contribution in [0.5, 0.6) is 0 Å². The number of amides is 3. The zero-order valence-electron chi connectivity index (χ0n) is 24.6. The number of hydrogen-bond acceptors (Lipinski definition) is 7. The summed E-state index contributed by atoms with van der Waals surface area (Å²) in [6.07, 6.45) is 11.8. The van der Waals surface area contributed by atoms with Crippen LogP contribution in [0.2, 0.25) is 0 Å². The van der Waals surface area contributed by atoms with E-state index in [4.69, 9.17) is 9.47 Å². The Bertz CT molecular complexity index is 1020. The number of unbranched alkanes of at least 4 members (excludes halogenated alkanes) is 1. The summed E-state index contributed by atoms with van der Waals surface area (Å²) in [4.78, 5) is 50.6. The molecular weight excluding hydrogens is 538 g/mol. The zero-order valence-corrected chi connectivity index (χ0v) is 24.6. The predicted octanol–water partition coefficient (Wildman–Crippen LogP) is 4.06. The Hall–Kier alpha value is -3.40. The molecule has 10 nitrogen and oxygen atoms in total. The third-order valence-electron chi connectivity index (χ3n) is 7.91. The summed E-state index contributed by atoms with van der Waals surface area (Å²) in [5, 5.41) is 18.6. The number of esters is 1. The van der Waals surface area contributed by atoms with E-state index in [0.29, 0.717) is 38.6 Å². The Morgan fingerprint density at radius 1 is 1.05 bits per heavy atom. The molecule has 1 aliphatic carbocycles. The molecule has 3 amide bonds. The Balaban J connectivity index is 1.51. The molecular formula is C32H47N3O7. The van der Waals surface area contributed by atoms with Gasteiger partial charge in [-0.2, -0.15) is 0 Å². The number of nitrogens with one attached hydrogen (secondary N) is 3. The van der Waals surface area contributed by atoms with Gasteiger partial charge in [0.05, 0.1) is 24.1 Å². The minimum absolute atomic E-state index is 0.0133. The van der Waals surface area contributed by atoms with Gasteiger partial charge in [0.1, 0.15) is 13.2 Å². The van der Waals surface area contributed by atoms with Crippen LogP contribution in [-0.4, -0.2) is 60.3 Å². The SMILES string of the molecule is O=C(C[C@H]1CC=CCCCCC(=O)OC[C@H](CCCCNC(=O)OCc2ccccc2)NC1=O)NC1(CO)CCCC1. The number of aliphatic hydroxyl groups excluding tert-OH is 1. The van der Waals surface area contributed by atoms with E-state index in [1.54, 1.807) is 0 Å². The van der Waals surface area contributed by atoms with Crippen molar-refractivity contribution in [1.29, 1.82) is 0 Å². The molecule has 0 aromatic heterocycles. The lowest BCUT2D eigenvalue weighted by atomic mass is 9.95. The zero-order chi connectivity index (χ0) is 30.0. The maximum absolute atomic E-state index is 13.4. The van der Waals surface area contributed by atoms with Gasteiger partial charge >= 0.3 is 12.1 Å². The molecule has 1 fully saturated rings. The molecule has 1 aromatic carbocycles. The number of rotatable bonds is 11. The van der Waals surface area contributed by atoms with E-state index in [1.807, 2.05) is 42.5 Å². The van der Waals surface area contributed by atoms with Crippen molar-refractivity contribution in [3.8, 4) is 0 Å². The van der Waals surface area contributed by atoms with Crippen LogP contribution in [0.25, 0.3) is 0 Å². The quantitative estimate of drug-likeness (QED) is 0.174. The number of carbonyl (C=O) groups is 4. The number of aliphatic hydroxyl groups is 1. The largest absolute Gasteiger partial charge is 0.463 e. The van der Waals surface area contributed by atoms with Crippen molar-refractivity contribution >= 4 is 23.9 Å². The topological polar surface area (TPSA) is 143 Å². The van der Waals surface area contributed by atoms with Crippen LogP contribution in [0, 0.1) is 5.92 Å². The van der Waals surface area contributed by atoms with Crippen LogP contribution < -0.4 is 16.0 Å². The molecule has 2 aliphatic rings. The van der Waals surface area contributed by atoms with E-state index in [0.717, 1.165) is 50.5 Å². The molecule has 1 aliphatic heterocycles. The summed E-state index contributed by atoms with van der Waals surface area (Å²) >= 11 is 0. The van der Waals surface area contributed by atoms with E-state index in [2.05, 4.69) is 16.0 Å².